The van der Waals surface area contributed by atoms with Crippen molar-refractivity contribution >= 4 is 23.2 Å². The van der Waals surface area contributed by atoms with E-state index < -0.39 is 0 Å². The Hall–Kier alpha value is -1.13. The van der Waals surface area contributed by atoms with E-state index in [1.54, 1.807) is 6.20 Å². The number of pyridine rings is 1. The summed E-state index contributed by atoms with van der Waals surface area (Å²) < 4.78 is 0. The number of nitrogens with two attached hydrogens (primary N) is 1. The fourth-order valence-electron chi connectivity index (χ4n) is 2.39. The van der Waals surface area contributed by atoms with Crippen molar-refractivity contribution in [2.75, 3.05) is 11.9 Å². The normalized spacial score (nSPS) is 13.0. The number of halogens is 1. The lowest BCUT2D eigenvalue weighted by Gasteiger charge is -2.30. The predicted octanol–water partition coefficient (Wildman–Crippen LogP) is 3.77. The molecule has 4 nitrogen and oxygen atoms in total. The number of rotatable bonds is 6. The molecule has 0 spiro atoms. The number of carbonyl (C=O) groups is 1. The van der Waals surface area contributed by atoms with Gasteiger partial charge in [0.2, 0.25) is 5.91 Å². The average Bonchev–Trinajstić information content (AvgIpc) is 2.37. The first-order chi connectivity index (χ1) is 9.75. The Morgan fingerprint density at radius 2 is 2.10 bits per heavy atom. The van der Waals surface area contributed by atoms with Gasteiger partial charge in [-0.2, -0.15) is 0 Å². The highest BCUT2D eigenvalue weighted by Crippen LogP contribution is 2.32. The van der Waals surface area contributed by atoms with Crippen LogP contribution in [0.5, 0.6) is 0 Å². The zero-order valence-corrected chi connectivity index (χ0v) is 14.1. The number of amides is 1. The van der Waals surface area contributed by atoms with Gasteiger partial charge in [0, 0.05) is 12.6 Å². The third kappa shape index (κ3) is 5.64. The average molecular weight is 312 g/mol. The molecule has 0 saturated carbocycles. The second kappa shape index (κ2) is 7.76. The summed E-state index contributed by atoms with van der Waals surface area (Å²) in [4.78, 5) is 16.1. The van der Waals surface area contributed by atoms with Crippen LogP contribution in [0.2, 0.25) is 5.15 Å². The minimum Gasteiger partial charge on any atom is -0.330 e. The van der Waals surface area contributed by atoms with E-state index in [1.165, 1.54) is 0 Å². The Balaban J connectivity index is 2.61. The van der Waals surface area contributed by atoms with Gasteiger partial charge in [0.1, 0.15) is 0 Å². The summed E-state index contributed by atoms with van der Waals surface area (Å²) in [7, 11) is 0. The first-order valence-corrected chi connectivity index (χ1v) is 7.74. The molecule has 1 atom stereocenters. The SMILES string of the molecule is Cc1ccnc(Cl)c1NC(=O)CCC(CCN)C(C)(C)C. The van der Waals surface area contributed by atoms with Crippen LogP contribution in [0.3, 0.4) is 0 Å². The van der Waals surface area contributed by atoms with E-state index in [4.69, 9.17) is 17.3 Å². The van der Waals surface area contributed by atoms with Crippen molar-refractivity contribution in [2.45, 2.75) is 47.0 Å². The summed E-state index contributed by atoms with van der Waals surface area (Å²) in [5, 5.41) is 3.19. The Kier molecular flexibility index (Phi) is 6.62. The maximum absolute atomic E-state index is 12.1. The molecule has 0 fully saturated rings. The fourth-order valence-corrected chi connectivity index (χ4v) is 2.65. The van der Waals surface area contributed by atoms with Crippen LogP contribution in [0.4, 0.5) is 5.69 Å². The zero-order valence-electron chi connectivity index (χ0n) is 13.4. The molecule has 1 heterocycles. The van der Waals surface area contributed by atoms with E-state index in [-0.39, 0.29) is 11.3 Å². The Bertz CT molecular complexity index is 463. The maximum atomic E-state index is 12.1. The topological polar surface area (TPSA) is 68.0 Å². The van der Waals surface area contributed by atoms with Gasteiger partial charge in [-0.1, -0.05) is 32.4 Å². The lowest BCUT2D eigenvalue weighted by Crippen LogP contribution is -2.25. The molecule has 1 aromatic heterocycles. The van der Waals surface area contributed by atoms with Gasteiger partial charge in [-0.15, -0.1) is 0 Å². The van der Waals surface area contributed by atoms with Gasteiger partial charge in [-0.05, 0) is 49.3 Å². The molecule has 1 amide bonds. The first kappa shape index (κ1) is 17.9. The number of hydrogen-bond acceptors (Lipinski definition) is 3. The summed E-state index contributed by atoms with van der Waals surface area (Å²) in [5.41, 5.74) is 7.35. The summed E-state index contributed by atoms with van der Waals surface area (Å²) in [6.07, 6.45) is 3.85. The molecular formula is C16H26ClN3O. The van der Waals surface area contributed by atoms with Crippen LogP contribution < -0.4 is 11.1 Å². The lowest BCUT2D eigenvalue weighted by molar-refractivity contribution is -0.116. The molecular weight excluding hydrogens is 286 g/mol. The largest absolute Gasteiger partial charge is 0.330 e. The Morgan fingerprint density at radius 3 is 2.62 bits per heavy atom. The number of carbonyl (C=O) groups excluding carboxylic acids is 1. The van der Waals surface area contributed by atoms with Crippen LogP contribution in [0.25, 0.3) is 0 Å². The van der Waals surface area contributed by atoms with Crippen molar-refractivity contribution < 1.29 is 4.79 Å². The van der Waals surface area contributed by atoms with Gasteiger partial charge in [0.05, 0.1) is 5.69 Å². The van der Waals surface area contributed by atoms with E-state index in [9.17, 15) is 4.79 Å². The molecule has 0 aliphatic carbocycles. The van der Waals surface area contributed by atoms with Gasteiger partial charge in [0.15, 0.2) is 5.15 Å². The smallest absolute Gasteiger partial charge is 0.224 e. The monoisotopic (exact) mass is 311 g/mol. The van der Waals surface area contributed by atoms with Crippen LogP contribution in [0.1, 0.15) is 45.6 Å². The third-order valence-electron chi connectivity index (χ3n) is 3.84. The van der Waals surface area contributed by atoms with E-state index >= 15 is 0 Å². The highest BCUT2D eigenvalue weighted by molar-refractivity contribution is 6.32. The molecule has 118 valence electrons. The van der Waals surface area contributed by atoms with Crippen LogP contribution in [-0.2, 0) is 4.79 Å². The zero-order chi connectivity index (χ0) is 16.0. The fraction of sp³-hybridized carbons (Fsp3) is 0.625. The second-order valence-electron chi connectivity index (χ2n) is 6.52. The maximum Gasteiger partial charge on any atom is 0.224 e. The minimum absolute atomic E-state index is 0.0285. The molecule has 5 heteroatoms. The molecule has 0 aliphatic heterocycles. The Morgan fingerprint density at radius 1 is 1.43 bits per heavy atom. The van der Waals surface area contributed by atoms with Crippen molar-refractivity contribution in [1.82, 2.24) is 4.98 Å². The van der Waals surface area contributed by atoms with Gasteiger partial charge in [-0.3, -0.25) is 4.79 Å². The molecule has 21 heavy (non-hydrogen) atoms. The molecule has 0 bridgehead atoms. The minimum atomic E-state index is -0.0285. The van der Waals surface area contributed by atoms with Crippen molar-refractivity contribution in [3.8, 4) is 0 Å². The summed E-state index contributed by atoms with van der Waals surface area (Å²) in [6, 6.07) is 1.83. The van der Waals surface area contributed by atoms with Crippen LogP contribution in [0, 0.1) is 18.3 Å². The third-order valence-corrected chi connectivity index (χ3v) is 4.12. The Labute approximate surface area is 132 Å². The van der Waals surface area contributed by atoms with Gasteiger partial charge in [0.25, 0.3) is 0 Å². The molecule has 1 rings (SSSR count). The van der Waals surface area contributed by atoms with Crippen molar-refractivity contribution in [3.63, 3.8) is 0 Å². The van der Waals surface area contributed by atoms with Gasteiger partial charge >= 0.3 is 0 Å². The molecule has 1 aromatic rings. The van der Waals surface area contributed by atoms with Crippen LogP contribution >= 0.6 is 11.6 Å². The van der Waals surface area contributed by atoms with Crippen LogP contribution in [0.15, 0.2) is 12.3 Å². The van der Waals surface area contributed by atoms with E-state index in [0.29, 0.717) is 29.7 Å². The summed E-state index contributed by atoms with van der Waals surface area (Å²) in [6.45, 7) is 9.11. The van der Waals surface area contributed by atoms with Crippen molar-refractivity contribution in [1.29, 1.82) is 0 Å². The molecule has 1 unspecified atom stereocenters. The van der Waals surface area contributed by atoms with Gasteiger partial charge in [-0.25, -0.2) is 4.98 Å². The molecule has 0 aliphatic rings. The highest BCUT2D eigenvalue weighted by atomic mass is 35.5. The van der Waals surface area contributed by atoms with E-state index in [0.717, 1.165) is 18.4 Å². The molecule has 3 N–H and O–H groups in total. The lowest BCUT2D eigenvalue weighted by atomic mass is 9.76. The van der Waals surface area contributed by atoms with Crippen molar-refractivity contribution in [3.05, 3.63) is 23.0 Å². The van der Waals surface area contributed by atoms with E-state index in [1.807, 2.05) is 13.0 Å². The number of nitrogens with zero attached hydrogens (tertiary/aromatic N) is 1. The van der Waals surface area contributed by atoms with Crippen molar-refractivity contribution in [2.24, 2.45) is 17.1 Å². The number of aryl methyl sites for hydroxylation is 1. The highest BCUT2D eigenvalue weighted by Gasteiger charge is 2.24. The molecule has 0 radical (unpaired) electrons. The van der Waals surface area contributed by atoms with E-state index in [2.05, 4.69) is 31.1 Å². The molecule has 0 saturated heterocycles. The first-order valence-electron chi connectivity index (χ1n) is 7.36. The predicted molar refractivity (Wildman–Crippen MR) is 88.5 cm³/mol. The second-order valence-corrected chi connectivity index (χ2v) is 6.88. The summed E-state index contributed by atoms with van der Waals surface area (Å²) in [5.74, 6) is 0.401. The quantitative estimate of drug-likeness (QED) is 0.786. The standard InChI is InChI=1S/C16H26ClN3O/c1-11-8-10-19-15(17)14(11)20-13(21)6-5-12(7-9-18)16(2,3)4/h8,10,12H,5-7,9,18H2,1-4H3,(H,20,21). The van der Waals surface area contributed by atoms with Crippen LogP contribution in [-0.4, -0.2) is 17.4 Å². The number of aromatic nitrogens is 1. The summed E-state index contributed by atoms with van der Waals surface area (Å²) >= 11 is 6.02. The number of anilines is 1. The van der Waals surface area contributed by atoms with Gasteiger partial charge < -0.3 is 11.1 Å². The number of hydrogen-bond donors (Lipinski definition) is 2. The number of nitrogens with one attached hydrogen (secondary N) is 1. The molecule has 0 aromatic carbocycles.